The van der Waals surface area contributed by atoms with Crippen molar-refractivity contribution >= 4 is 5.97 Å². The zero-order valence-corrected chi connectivity index (χ0v) is 9.87. The average Bonchev–Trinajstić information content (AvgIpc) is 2.17. The van der Waals surface area contributed by atoms with Gasteiger partial charge in [-0.1, -0.05) is 12.8 Å². The number of carbonyl (C=O) groups is 1. The van der Waals surface area contributed by atoms with Crippen LogP contribution in [0.25, 0.3) is 0 Å². The van der Waals surface area contributed by atoms with Crippen LogP contribution in [0.1, 0.15) is 46.0 Å². The van der Waals surface area contributed by atoms with E-state index in [9.17, 15) is 4.79 Å². The molecule has 4 heteroatoms. The molecule has 2 atom stereocenters. The molecule has 0 aromatic rings. The van der Waals surface area contributed by atoms with Crippen molar-refractivity contribution in [3.8, 4) is 0 Å². The van der Waals surface area contributed by atoms with Crippen molar-refractivity contribution < 1.29 is 9.53 Å². The second-order valence-electron chi connectivity index (χ2n) is 3.93. The molecule has 0 rings (SSSR count). The van der Waals surface area contributed by atoms with Crippen LogP contribution in [0.5, 0.6) is 0 Å². The van der Waals surface area contributed by atoms with E-state index in [1.807, 2.05) is 13.8 Å². The molecule has 0 heterocycles. The van der Waals surface area contributed by atoms with Gasteiger partial charge in [0, 0.05) is 18.5 Å². The van der Waals surface area contributed by atoms with Crippen LogP contribution in [-0.2, 0) is 9.53 Å². The Morgan fingerprint density at radius 1 is 1.27 bits per heavy atom. The molecule has 0 aliphatic carbocycles. The maximum atomic E-state index is 11.0. The van der Waals surface area contributed by atoms with Crippen molar-refractivity contribution in [2.24, 2.45) is 11.5 Å². The van der Waals surface area contributed by atoms with Crippen molar-refractivity contribution in [3.05, 3.63) is 0 Å². The van der Waals surface area contributed by atoms with Gasteiger partial charge in [-0.3, -0.25) is 4.79 Å². The summed E-state index contributed by atoms with van der Waals surface area (Å²) in [5.41, 5.74) is 11.4. The summed E-state index contributed by atoms with van der Waals surface area (Å²) in [6.07, 6.45) is 4.37. The minimum absolute atomic E-state index is 0.0510. The fourth-order valence-electron chi connectivity index (χ4n) is 1.32. The van der Waals surface area contributed by atoms with Crippen LogP contribution in [0.15, 0.2) is 0 Å². The van der Waals surface area contributed by atoms with Crippen LogP contribution < -0.4 is 11.5 Å². The summed E-state index contributed by atoms with van der Waals surface area (Å²) in [6.45, 7) is 4.21. The Labute approximate surface area is 92.3 Å². The topological polar surface area (TPSA) is 78.3 Å². The van der Waals surface area contributed by atoms with E-state index in [4.69, 9.17) is 16.2 Å². The molecule has 0 bridgehead atoms. The van der Waals surface area contributed by atoms with Gasteiger partial charge < -0.3 is 16.2 Å². The summed E-state index contributed by atoms with van der Waals surface area (Å²) in [7, 11) is 0. The average molecular weight is 216 g/mol. The second-order valence-corrected chi connectivity index (χ2v) is 3.93. The highest BCUT2D eigenvalue weighted by Crippen LogP contribution is 2.06. The number of hydrogen-bond donors (Lipinski definition) is 2. The van der Waals surface area contributed by atoms with Crippen molar-refractivity contribution in [1.82, 2.24) is 0 Å². The van der Waals surface area contributed by atoms with Gasteiger partial charge in [-0.2, -0.15) is 0 Å². The van der Waals surface area contributed by atoms with Gasteiger partial charge >= 0.3 is 5.97 Å². The van der Waals surface area contributed by atoms with E-state index in [0.29, 0.717) is 13.0 Å². The van der Waals surface area contributed by atoms with E-state index in [1.54, 1.807) is 0 Å². The summed E-state index contributed by atoms with van der Waals surface area (Å²) in [6, 6.07) is 0.127. The number of esters is 1. The minimum atomic E-state index is -0.103. The molecule has 0 saturated carbocycles. The fourth-order valence-corrected chi connectivity index (χ4v) is 1.32. The Hall–Kier alpha value is -0.610. The van der Waals surface area contributed by atoms with E-state index < -0.39 is 0 Å². The van der Waals surface area contributed by atoms with E-state index >= 15 is 0 Å². The summed E-state index contributed by atoms with van der Waals surface area (Å²) in [5.74, 6) is -0.103. The predicted octanol–water partition coefficient (Wildman–Crippen LogP) is 1.17. The van der Waals surface area contributed by atoms with E-state index in [1.165, 1.54) is 0 Å². The molecule has 0 amide bonds. The summed E-state index contributed by atoms with van der Waals surface area (Å²) >= 11 is 0. The lowest BCUT2D eigenvalue weighted by Gasteiger charge is -2.14. The van der Waals surface area contributed by atoms with Crippen LogP contribution in [0.3, 0.4) is 0 Å². The molecule has 15 heavy (non-hydrogen) atoms. The van der Waals surface area contributed by atoms with Crippen molar-refractivity contribution in [2.45, 2.75) is 58.0 Å². The van der Waals surface area contributed by atoms with Gasteiger partial charge in [-0.15, -0.1) is 0 Å². The summed E-state index contributed by atoms with van der Waals surface area (Å²) < 4.78 is 4.82. The van der Waals surface area contributed by atoms with Crippen LogP contribution in [0, 0.1) is 0 Å². The first-order chi connectivity index (χ1) is 7.07. The number of hydrogen-bond acceptors (Lipinski definition) is 4. The van der Waals surface area contributed by atoms with Gasteiger partial charge in [-0.25, -0.2) is 0 Å². The van der Waals surface area contributed by atoms with Gasteiger partial charge in [0.25, 0.3) is 0 Å². The molecule has 4 nitrogen and oxygen atoms in total. The van der Waals surface area contributed by atoms with Crippen molar-refractivity contribution in [1.29, 1.82) is 0 Å². The molecule has 0 radical (unpaired) electrons. The highest BCUT2D eigenvalue weighted by molar-refractivity contribution is 5.69. The molecule has 0 spiro atoms. The third-order valence-electron chi connectivity index (χ3n) is 2.40. The highest BCUT2D eigenvalue weighted by atomic mass is 16.5. The molecule has 4 N–H and O–H groups in total. The first kappa shape index (κ1) is 14.4. The zero-order valence-electron chi connectivity index (χ0n) is 9.87. The minimum Gasteiger partial charge on any atom is -0.466 e. The molecular formula is C11H24N2O2. The second kappa shape index (κ2) is 8.68. The van der Waals surface area contributed by atoms with Crippen LogP contribution >= 0.6 is 0 Å². The predicted molar refractivity (Wildman–Crippen MR) is 61.3 cm³/mol. The van der Waals surface area contributed by atoms with E-state index in [0.717, 1.165) is 25.7 Å². The Bertz CT molecular complexity index is 172. The summed E-state index contributed by atoms with van der Waals surface area (Å²) in [4.78, 5) is 11.0. The zero-order chi connectivity index (χ0) is 11.7. The largest absolute Gasteiger partial charge is 0.466 e. The maximum Gasteiger partial charge on any atom is 0.305 e. The van der Waals surface area contributed by atoms with Crippen molar-refractivity contribution in [2.75, 3.05) is 6.61 Å². The monoisotopic (exact) mass is 216 g/mol. The Kier molecular flexibility index (Phi) is 8.33. The van der Waals surface area contributed by atoms with Crippen molar-refractivity contribution in [3.63, 3.8) is 0 Å². The smallest absolute Gasteiger partial charge is 0.305 e. The van der Waals surface area contributed by atoms with Crippen LogP contribution in [0.2, 0.25) is 0 Å². The summed E-state index contributed by atoms with van der Waals surface area (Å²) in [5, 5.41) is 0. The number of ether oxygens (including phenoxy) is 1. The number of rotatable bonds is 8. The van der Waals surface area contributed by atoms with Crippen LogP contribution in [0.4, 0.5) is 0 Å². The Morgan fingerprint density at radius 2 is 1.93 bits per heavy atom. The highest BCUT2D eigenvalue weighted by Gasteiger charge is 2.07. The first-order valence-electron chi connectivity index (χ1n) is 5.74. The number of nitrogens with two attached hydrogens (primary N) is 2. The number of unbranched alkanes of at least 4 members (excludes halogenated alkanes) is 2. The molecule has 0 saturated heterocycles. The Morgan fingerprint density at radius 3 is 2.47 bits per heavy atom. The molecule has 0 aliphatic rings. The van der Waals surface area contributed by atoms with E-state index in [2.05, 4.69) is 0 Å². The van der Waals surface area contributed by atoms with Gasteiger partial charge in [0.1, 0.15) is 0 Å². The first-order valence-corrected chi connectivity index (χ1v) is 5.74. The molecule has 90 valence electrons. The molecule has 0 fully saturated rings. The van der Waals surface area contributed by atoms with Crippen LogP contribution in [-0.4, -0.2) is 24.7 Å². The lowest BCUT2D eigenvalue weighted by molar-refractivity contribution is -0.143. The molecule has 0 aliphatic heterocycles. The molecular weight excluding hydrogens is 192 g/mol. The van der Waals surface area contributed by atoms with E-state index in [-0.39, 0.29) is 18.1 Å². The molecule has 2 unspecified atom stereocenters. The SMILES string of the molecule is CCOC(=O)CCCCCC(N)C(C)N. The lowest BCUT2D eigenvalue weighted by Crippen LogP contribution is -2.38. The quantitative estimate of drug-likeness (QED) is 0.471. The van der Waals surface area contributed by atoms with Gasteiger partial charge in [0.05, 0.1) is 6.61 Å². The van der Waals surface area contributed by atoms with Gasteiger partial charge in [-0.05, 0) is 26.7 Å². The Balaban J connectivity index is 3.28. The number of carbonyl (C=O) groups excluding carboxylic acids is 1. The standard InChI is InChI=1S/C11H24N2O2/c1-3-15-11(14)8-6-4-5-7-10(13)9(2)12/h9-10H,3-8,12-13H2,1-2H3. The normalized spacial score (nSPS) is 14.7. The maximum absolute atomic E-state index is 11.0. The van der Waals surface area contributed by atoms with Gasteiger partial charge in [0.15, 0.2) is 0 Å². The lowest BCUT2D eigenvalue weighted by atomic mass is 10.0. The third kappa shape index (κ3) is 8.39. The molecule has 0 aromatic heterocycles. The fraction of sp³-hybridized carbons (Fsp3) is 0.909. The third-order valence-corrected chi connectivity index (χ3v) is 2.40. The van der Waals surface area contributed by atoms with Gasteiger partial charge in [0.2, 0.25) is 0 Å². The molecule has 0 aromatic carbocycles.